The van der Waals surface area contributed by atoms with Crippen LogP contribution in [0.2, 0.25) is 0 Å². The minimum atomic E-state index is -0.479. The fourth-order valence-electron chi connectivity index (χ4n) is 2.28. The molecule has 2 rings (SSSR count). The SMILES string of the molecule is O=C(COC1CCCCC1)c1ccc([N+](=O)[O-])cc1. The van der Waals surface area contributed by atoms with E-state index >= 15 is 0 Å². The lowest BCUT2D eigenvalue weighted by Crippen LogP contribution is -2.20. The van der Waals surface area contributed by atoms with Crippen molar-refractivity contribution in [2.45, 2.75) is 38.2 Å². The van der Waals surface area contributed by atoms with E-state index in [-0.39, 0.29) is 24.2 Å². The zero-order valence-electron chi connectivity index (χ0n) is 10.7. The Labute approximate surface area is 111 Å². The van der Waals surface area contributed by atoms with Gasteiger partial charge in [-0.25, -0.2) is 0 Å². The lowest BCUT2D eigenvalue weighted by Gasteiger charge is -2.21. The molecule has 0 amide bonds. The highest BCUT2D eigenvalue weighted by molar-refractivity contribution is 5.97. The second-order valence-corrected chi connectivity index (χ2v) is 4.80. The van der Waals surface area contributed by atoms with Gasteiger partial charge in [-0.15, -0.1) is 0 Å². The molecule has 1 saturated carbocycles. The third kappa shape index (κ3) is 3.86. The number of non-ortho nitro benzene ring substituents is 1. The van der Waals surface area contributed by atoms with E-state index in [1.54, 1.807) is 0 Å². The van der Waals surface area contributed by atoms with E-state index in [1.807, 2.05) is 0 Å². The highest BCUT2D eigenvalue weighted by atomic mass is 16.6. The van der Waals surface area contributed by atoms with E-state index in [0.29, 0.717) is 5.56 Å². The highest BCUT2D eigenvalue weighted by Gasteiger charge is 2.16. The number of nitro benzene ring substituents is 1. The molecule has 102 valence electrons. The van der Waals surface area contributed by atoms with Crippen LogP contribution < -0.4 is 0 Å². The third-order valence-corrected chi connectivity index (χ3v) is 3.40. The molecule has 0 aromatic heterocycles. The van der Waals surface area contributed by atoms with Crippen molar-refractivity contribution in [3.8, 4) is 0 Å². The molecular weight excluding hydrogens is 246 g/mol. The Balaban J connectivity index is 1.86. The number of carbonyl (C=O) groups excluding carboxylic acids is 1. The molecule has 5 nitrogen and oxygen atoms in total. The molecule has 1 aliphatic rings. The van der Waals surface area contributed by atoms with Crippen molar-refractivity contribution in [2.24, 2.45) is 0 Å². The summed E-state index contributed by atoms with van der Waals surface area (Å²) in [7, 11) is 0. The van der Waals surface area contributed by atoms with Crippen molar-refractivity contribution in [1.29, 1.82) is 0 Å². The van der Waals surface area contributed by atoms with Crippen LogP contribution in [0.1, 0.15) is 42.5 Å². The first-order valence-corrected chi connectivity index (χ1v) is 6.56. The number of ether oxygens (including phenoxy) is 1. The van der Waals surface area contributed by atoms with Gasteiger partial charge in [0.2, 0.25) is 0 Å². The van der Waals surface area contributed by atoms with Crippen LogP contribution in [0, 0.1) is 10.1 Å². The van der Waals surface area contributed by atoms with E-state index in [9.17, 15) is 14.9 Å². The predicted octanol–water partition coefficient (Wildman–Crippen LogP) is 3.13. The van der Waals surface area contributed by atoms with E-state index in [4.69, 9.17) is 4.74 Å². The number of benzene rings is 1. The summed E-state index contributed by atoms with van der Waals surface area (Å²) < 4.78 is 5.59. The number of Topliss-reactive ketones (excluding diaryl/α,β-unsaturated/α-hetero) is 1. The number of hydrogen-bond acceptors (Lipinski definition) is 4. The van der Waals surface area contributed by atoms with Gasteiger partial charge in [0.05, 0.1) is 11.0 Å². The van der Waals surface area contributed by atoms with Gasteiger partial charge in [0.25, 0.3) is 5.69 Å². The molecule has 0 heterocycles. The quantitative estimate of drug-likeness (QED) is 0.465. The average Bonchev–Trinajstić information content (AvgIpc) is 2.46. The monoisotopic (exact) mass is 263 g/mol. The van der Waals surface area contributed by atoms with Crippen molar-refractivity contribution < 1.29 is 14.5 Å². The summed E-state index contributed by atoms with van der Waals surface area (Å²) >= 11 is 0. The Morgan fingerprint density at radius 2 is 1.84 bits per heavy atom. The molecule has 0 radical (unpaired) electrons. The van der Waals surface area contributed by atoms with Gasteiger partial charge in [-0.2, -0.15) is 0 Å². The average molecular weight is 263 g/mol. The number of hydrogen-bond donors (Lipinski definition) is 0. The summed E-state index contributed by atoms with van der Waals surface area (Å²) in [5.41, 5.74) is 0.450. The summed E-state index contributed by atoms with van der Waals surface area (Å²) in [5, 5.41) is 10.5. The van der Waals surface area contributed by atoms with Gasteiger partial charge in [-0.3, -0.25) is 14.9 Å². The Kier molecular flexibility index (Phi) is 4.63. The molecule has 5 heteroatoms. The summed E-state index contributed by atoms with van der Waals surface area (Å²) in [5.74, 6) is -0.125. The lowest BCUT2D eigenvalue weighted by molar-refractivity contribution is -0.384. The zero-order valence-corrected chi connectivity index (χ0v) is 10.7. The first-order valence-electron chi connectivity index (χ1n) is 6.56. The number of nitro groups is 1. The molecule has 0 bridgehead atoms. The Morgan fingerprint density at radius 1 is 1.21 bits per heavy atom. The van der Waals surface area contributed by atoms with Crippen LogP contribution in [0.4, 0.5) is 5.69 Å². The zero-order chi connectivity index (χ0) is 13.7. The molecule has 1 fully saturated rings. The normalized spacial score (nSPS) is 16.2. The van der Waals surface area contributed by atoms with E-state index in [0.717, 1.165) is 25.7 Å². The van der Waals surface area contributed by atoms with Crippen LogP contribution >= 0.6 is 0 Å². The van der Waals surface area contributed by atoms with Crippen molar-refractivity contribution in [3.05, 3.63) is 39.9 Å². The van der Waals surface area contributed by atoms with Crippen molar-refractivity contribution >= 4 is 11.5 Å². The molecule has 19 heavy (non-hydrogen) atoms. The third-order valence-electron chi connectivity index (χ3n) is 3.40. The van der Waals surface area contributed by atoms with Crippen LogP contribution in [0.25, 0.3) is 0 Å². The number of carbonyl (C=O) groups is 1. The molecule has 0 aliphatic heterocycles. The summed E-state index contributed by atoms with van der Waals surface area (Å²) in [4.78, 5) is 21.9. The maximum absolute atomic E-state index is 11.9. The van der Waals surface area contributed by atoms with Gasteiger partial charge < -0.3 is 4.74 Å². The summed E-state index contributed by atoms with van der Waals surface area (Å²) in [6.45, 7) is 0.0580. The van der Waals surface area contributed by atoms with Crippen LogP contribution in [0.15, 0.2) is 24.3 Å². The number of rotatable bonds is 5. The summed E-state index contributed by atoms with van der Waals surface area (Å²) in [6, 6.07) is 5.64. The first-order chi connectivity index (χ1) is 9.16. The van der Waals surface area contributed by atoms with Gasteiger partial charge >= 0.3 is 0 Å². The second-order valence-electron chi connectivity index (χ2n) is 4.80. The molecule has 0 unspecified atom stereocenters. The highest BCUT2D eigenvalue weighted by Crippen LogP contribution is 2.20. The Hall–Kier alpha value is -1.75. The van der Waals surface area contributed by atoms with Crippen molar-refractivity contribution in [2.75, 3.05) is 6.61 Å². The molecule has 0 saturated heterocycles. The topological polar surface area (TPSA) is 69.4 Å². The Bertz CT molecular complexity index is 449. The van der Waals surface area contributed by atoms with Gasteiger partial charge in [-0.1, -0.05) is 19.3 Å². The van der Waals surface area contributed by atoms with Crippen molar-refractivity contribution in [3.63, 3.8) is 0 Å². The minimum Gasteiger partial charge on any atom is -0.370 e. The lowest BCUT2D eigenvalue weighted by atomic mass is 9.98. The molecular formula is C14H17NO4. The first kappa shape index (κ1) is 13.7. The standard InChI is InChI=1S/C14H17NO4/c16-14(10-19-13-4-2-1-3-5-13)11-6-8-12(9-7-11)15(17)18/h6-9,13H,1-5,10H2. The fourth-order valence-corrected chi connectivity index (χ4v) is 2.28. The maximum atomic E-state index is 11.9. The largest absolute Gasteiger partial charge is 0.370 e. The van der Waals surface area contributed by atoms with Gasteiger partial charge in [0.15, 0.2) is 5.78 Å². The van der Waals surface area contributed by atoms with Gasteiger partial charge in [-0.05, 0) is 25.0 Å². The predicted molar refractivity (Wildman–Crippen MR) is 70.3 cm³/mol. The van der Waals surface area contributed by atoms with Crippen molar-refractivity contribution in [1.82, 2.24) is 0 Å². The van der Waals surface area contributed by atoms with Crippen LogP contribution in [-0.4, -0.2) is 23.4 Å². The molecule has 0 N–H and O–H groups in total. The maximum Gasteiger partial charge on any atom is 0.269 e. The van der Waals surface area contributed by atoms with Gasteiger partial charge in [0.1, 0.15) is 6.61 Å². The smallest absolute Gasteiger partial charge is 0.269 e. The van der Waals surface area contributed by atoms with E-state index < -0.39 is 4.92 Å². The van der Waals surface area contributed by atoms with Crippen LogP contribution in [-0.2, 0) is 4.74 Å². The van der Waals surface area contributed by atoms with Gasteiger partial charge in [0, 0.05) is 17.7 Å². The molecule has 1 aliphatic carbocycles. The molecule has 0 spiro atoms. The minimum absolute atomic E-state index is 0.00949. The second kappa shape index (κ2) is 6.43. The molecule has 1 aromatic rings. The molecule has 0 atom stereocenters. The van der Waals surface area contributed by atoms with Crippen LogP contribution in [0.3, 0.4) is 0 Å². The molecule has 1 aromatic carbocycles. The fraction of sp³-hybridized carbons (Fsp3) is 0.500. The van der Waals surface area contributed by atoms with E-state index in [2.05, 4.69) is 0 Å². The number of nitrogens with zero attached hydrogens (tertiary/aromatic N) is 1. The van der Waals surface area contributed by atoms with E-state index in [1.165, 1.54) is 30.7 Å². The Morgan fingerprint density at radius 3 is 2.42 bits per heavy atom. The van der Waals surface area contributed by atoms with Crippen LogP contribution in [0.5, 0.6) is 0 Å². The summed E-state index contributed by atoms with van der Waals surface area (Å²) in [6.07, 6.45) is 5.81. The number of ketones is 1.